The van der Waals surface area contributed by atoms with Crippen LogP contribution in [0.1, 0.15) is 30.1 Å². The Morgan fingerprint density at radius 1 is 1.30 bits per heavy atom. The van der Waals surface area contributed by atoms with Crippen molar-refractivity contribution in [2.75, 3.05) is 33.3 Å². The molecule has 11 nitrogen and oxygen atoms in total. The van der Waals surface area contributed by atoms with E-state index in [0.717, 1.165) is 0 Å². The molecule has 2 amide bonds. The molecule has 2 N–H and O–H groups in total. The van der Waals surface area contributed by atoms with Crippen LogP contribution in [0.4, 0.5) is 5.69 Å². The predicted molar refractivity (Wildman–Crippen MR) is 106 cm³/mol. The number of nitro benzene ring substituents is 1. The largest absolute Gasteiger partial charge is 0.356 e. The minimum absolute atomic E-state index is 0.117. The van der Waals surface area contributed by atoms with Gasteiger partial charge in [-0.25, -0.2) is 0 Å². The van der Waals surface area contributed by atoms with Gasteiger partial charge < -0.3 is 19.5 Å². The Morgan fingerprint density at radius 2 is 2.00 bits per heavy atom. The van der Waals surface area contributed by atoms with Crippen molar-refractivity contribution in [2.24, 2.45) is 0 Å². The lowest BCUT2D eigenvalue weighted by Gasteiger charge is -2.23. The van der Waals surface area contributed by atoms with E-state index in [9.17, 15) is 24.9 Å². The lowest BCUT2D eigenvalue weighted by molar-refractivity contribution is -0.384. The van der Waals surface area contributed by atoms with Crippen molar-refractivity contribution < 1.29 is 33.9 Å². The molecule has 0 bridgehead atoms. The van der Waals surface area contributed by atoms with E-state index in [4.69, 9.17) is 14.2 Å². The molecule has 0 fully saturated rings. The molecule has 1 aromatic carbocycles. The molecule has 0 aliphatic heterocycles. The standard InChI is InChI=1S/C19H27N3O8/c1-3-11-29-13-21(25)19(24)17(6-5-12-30-14-28-4-2)20-18(23)15-7-9-16(10-8-15)22(26)27/h3,7-10,17,25H,1,4-6,11-14H2,2H3,(H,20,23)/t17-/m1/s1. The van der Waals surface area contributed by atoms with Gasteiger partial charge >= 0.3 is 0 Å². The minimum Gasteiger partial charge on any atom is -0.356 e. The van der Waals surface area contributed by atoms with Crippen LogP contribution in [-0.2, 0) is 19.0 Å². The Kier molecular flexibility index (Phi) is 11.9. The van der Waals surface area contributed by atoms with E-state index in [1.54, 1.807) is 0 Å². The highest BCUT2D eigenvalue weighted by atomic mass is 16.7. The summed E-state index contributed by atoms with van der Waals surface area (Å²) in [6.45, 7) is 5.95. The Labute approximate surface area is 174 Å². The molecule has 30 heavy (non-hydrogen) atoms. The van der Waals surface area contributed by atoms with Gasteiger partial charge in [-0.2, -0.15) is 5.06 Å². The number of hydroxylamine groups is 2. The molecule has 1 rings (SSSR count). The number of hydrogen-bond donors (Lipinski definition) is 2. The quantitative estimate of drug-likeness (QED) is 0.108. The van der Waals surface area contributed by atoms with E-state index in [1.165, 1.54) is 30.3 Å². The van der Waals surface area contributed by atoms with Gasteiger partial charge in [-0.15, -0.1) is 6.58 Å². The summed E-state index contributed by atoms with van der Waals surface area (Å²) in [5.41, 5.74) is -0.0232. The Hall–Kier alpha value is -2.86. The monoisotopic (exact) mass is 425 g/mol. The fourth-order valence-electron chi connectivity index (χ4n) is 2.29. The zero-order chi connectivity index (χ0) is 22.4. The summed E-state index contributed by atoms with van der Waals surface area (Å²) in [5.74, 6) is -1.38. The Balaban J connectivity index is 2.74. The average molecular weight is 425 g/mol. The van der Waals surface area contributed by atoms with Crippen LogP contribution in [0.3, 0.4) is 0 Å². The highest BCUT2D eigenvalue weighted by Crippen LogP contribution is 2.12. The van der Waals surface area contributed by atoms with Crippen molar-refractivity contribution in [2.45, 2.75) is 25.8 Å². The van der Waals surface area contributed by atoms with Crippen LogP contribution in [0.15, 0.2) is 36.9 Å². The van der Waals surface area contributed by atoms with Gasteiger partial charge in [-0.05, 0) is 31.9 Å². The van der Waals surface area contributed by atoms with Gasteiger partial charge in [-0.3, -0.25) is 24.9 Å². The van der Waals surface area contributed by atoms with Crippen LogP contribution >= 0.6 is 0 Å². The molecule has 166 valence electrons. The number of hydrogen-bond acceptors (Lipinski definition) is 8. The highest BCUT2D eigenvalue weighted by molar-refractivity contribution is 5.97. The number of nitrogens with one attached hydrogen (secondary N) is 1. The average Bonchev–Trinajstić information content (AvgIpc) is 2.74. The van der Waals surface area contributed by atoms with Gasteiger partial charge in [0.15, 0.2) is 0 Å². The molecule has 0 saturated heterocycles. The van der Waals surface area contributed by atoms with Crippen LogP contribution in [0.5, 0.6) is 0 Å². The Morgan fingerprint density at radius 3 is 2.60 bits per heavy atom. The summed E-state index contributed by atoms with van der Waals surface area (Å²) in [5, 5.41) is 23.5. The molecule has 0 spiro atoms. The number of nitrogens with zero attached hydrogens (tertiary/aromatic N) is 2. The van der Waals surface area contributed by atoms with Gasteiger partial charge in [0.1, 0.15) is 19.6 Å². The second-order valence-corrected chi connectivity index (χ2v) is 6.02. The number of carbonyl (C=O) groups excluding carboxylic acids is 2. The molecule has 0 heterocycles. The zero-order valence-corrected chi connectivity index (χ0v) is 16.8. The van der Waals surface area contributed by atoms with Crippen LogP contribution in [-0.4, -0.2) is 66.4 Å². The predicted octanol–water partition coefficient (Wildman–Crippen LogP) is 1.86. The van der Waals surface area contributed by atoms with Gasteiger partial charge in [0.05, 0.1) is 11.5 Å². The first kappa shape index (κ1) is 25.2. The third-order valence-corrected chi connectivity index (χ3v) is 3.80. The first-order valence-electron chi connectivity index (χ1n) is 9.30. The second-order valence-electron chi connectivity index (χ2n) is 6.02. The molecular formula is C19H27N3O8. The van der Waals surface area contributed by atoms with Gasteiger partial charge in [-0.1, -0.05) is 6.08 Å². The molecular weight excluding hydrogens is 398 g/mol. The lowest BCUT2D eigenvalue weighted by atomic mass is 10.1. The molecule has 11 heteroatoms. The second kappa shape index (κ2) is 14.2. The number of amides is 2. The first-order valence-corrected chi connectivity index (χ1v) is 9.30. The van der Waals surface area contributed by atoms with Crippen molar-refractivity contribution in [3.63, 3.8) is 0 Å². The third kappa shape index (κ3) is 9.09. The fraction of sp³-hybridized carbons (Fsp3) is 0.474. The lowest BCUT2D eigenvalue weighted by Crippen LogP contribution is -2.48. The van der Waals surface area contributed by atoms with Crippen molar-refractivity contribution >= 4 is 17.5 Å². The first-order chi connectivity index (χ1) is 14.4. The van der Waals surface area contributed by atoms with E-state index in [2.05, 4.69) is 11.9 Å². The Bertz CT molecular complexity index is 696. The summed E-state index contributed by atoms with van der Waals surface area (Å²) < 4.78 is 15.3. The minimum atomic E-state index is -1.05. The molecule has 0 aliphatic rings. The maximum atomic E-state index is 12.5. The zero-order valence-electron chi connectivity index (χ0n) is 16.8. The van der Waals surface area contributed by atoms with E-state index in [1.807, 2.05) is 6.92 Å². The van der Waals surface area contributed by atoms with E-state index in [-0.39, 0.29) is 37.7 Å². The van der Waals surface area contributed by atoms with Crippen LogP contribution in [0, 0.1) is 10.1 Å². The number of ether oxygens (including phenoxy) is 3. The molecule has 0 unspecified atom stereocenters. The third-order valence-electron chi connectivity index (χ3n) is 3.80. The van der Waals surface area contributed by atoms with Crippen LogP contribution < -0.4 is 5.32 Å². The van der Waals surface area contributed by atoms with E-state index < -0.39 is 29.5 Å². The fourth-order valence-corrected chi connectivity index (χ4v) is 2.29. The molecule has 0 saturated carbocycles. The van der Waals surface area contributed by atoms with Gasteiger partial charge in [0, 0.05) is 30.9 Å². The van der Waals surface area contributed by atoms with Gasteiger partial charge in [0.25, 0.3) is 17.5 Å². The topological polar surface area (TPSA) is 140 Å². The van der Waals surface area contributed by atoms with Crippen molar-refractivity contribution in [1.29, 1.82) is 0 Å². The van der Waals surface area contributed by atoms with Gasteiger partial charge in [0.2, 0.25) is 0 Å². The molecule has 0 radical (unpaired) electrons. The van der Waals surface area contributed by atoms with Crippen LogP contribution in [0.2, 0.25) is 0 Å². The maximum Gasteiger partial charge on any atom is 0.270 e. The van der Waals surface area contributed by atoms with E-state index >= 15 is 0 Å². The summed E-state index contributed by atoms with van der Waals surface area (Å²) in [7, 11) is 0. The molecule has 0 aliphatic carbocycles. The number of carbonyl (C=O) groups is 2. The van der Waals surface area contributed by atoms with Crippen LogP contribution in [0.25, 0.3) is 0 Å². The summed E-state index contributed by atoms with van der Waals surface area (Å²) in [6.07, 6.45) is 2.05. The summed E-state index contributed by atoms with van der Waals surface area (Å²) in [4.78, 5) is 35.1. The smallest absolute Gasteiger partial charge is 0.270 e. The van der Waals surface area contributed by atoms with Crippen molar-refractivity contribution in [1.82, 2.24) is 10.4 Å². The summed E-state index contributed by atoms with van der Waals surface area (Å²) in [6, 6.07) is 3.89. The summed E-state index contributed by atoms with van der Waals surface area (Å²) >= 11 is 0. The molecule has 1 atom stereocenters. The number of rotatable bonds is 15. The normalized spacial score (nSPS) is 11.5. The molecule has 0 aromatic heterocycles. The van der Waals surface area contributed by atoms with Crippen molar-refractivity contribution in [3.8, 4) is 0 Å². The van der Waals surface area contributed by atoms with E-state index in [0.29, 0.717) is 18.1 Å². The SMILES string of the molecule is C=CCOCN(O)C(=O)[C@@H](CCCOCOCC)NC(=O)c1ccc([N+](=O)[O-])cc1. The number of non-ortho nitro benzene ring substituents is 1. The maximum absolute atomic E-state index is 12.5. The molecule has 1 aromatic rings. The highest BCUT2D eigenvalue weighted by Gasteiger charge is 2.26. The number of benzene rings is 1. The number of nitro groups is 1. The van der Waals surface area contributed by atoms with Crippen molar-refractivity contribution in [3.05, 3.63) is 52.6 Å².